The molecule has 0 saturated carbocycles. The highest BCUT2D eigenvalue weighted by molar-refractivity contribution is 5.49. The first kappa shape index (κ1) is 15.1. The van der Waals surface area contributed by atoms with Gasteiger partial charge in [0, 0.05) is 13.1 Å². The zero-order valence-corrected chi connectivity index (χ0v) is 12.8. The fraction of sp³-hybridized carbons (Fsp3) is 0.667. The number of rotatable bonds is 5. The molecular formula is C15H25N3O2. The number of hydrogen-bond acceptors (Lipinski definition) is 5. The van der Waals surface area contributed by atoms with Crippen molar-refractivity contribution in [1.82, 2.24) is 4.98 Å². The first-order valence-corrected chi connectivity index (χ1v) is 7.29. The van der Waals surface area contributed by atoms with Crippen molar-refractivity contribution in [2.24, 2.45) is 0 Å². The SMILES string of the molecule is CCN(CC)c1ccc(NC2COC(C)(C)OC2)cn1. The Hall–Kier alpha value is -1.33. The maximum atomic E-state index is 5.63. The molecule has 0 amide bonds. The fourth-order valence-electron chi connectivity index (χ4n) is 2.22. The quantitative estimate of drug-likeness (QED) is 0.897. The van der Waals surface area contributed by atoms with Crippen LogP contribution in [-0.4, -0.2) is 43.1 Å². The average Bonchev–Trinajstić information content (AvgIpc) is 2.44. The summed E-state index contributed by atoms with van der Waals surface area (Å²) in [7, 11) is 0. The Labute approximate surface area is 121 Å². The molecule has 0 bridgehead atoms. The number of aromatic nitrogens is 1. The lowest BCUT2D eigenvalue weighted by atomic mass is 10.2. The van der Waals surface area contributed by atoms with Gasteiger partial charge in [0.1, 0.15) is 5.82 Å². The van der Waals surface area contributed by atoms with Gasteiger partial charge in [-0.3, -0.25) is 0 Å². The molecule has 0 aliphatic carbocycles. The van der Waals surface area contributed by atoms with Crippen LogP contribution in [0.25, 0.3) is 0 Å². The van der Waals surface area contributed by atoms with E-state index in [9.17, 15) is 0 Å². The van der Waals surface area contributed by atoms with Crippen LogP contribution in [-0.2, 0) is 9.47 Å². The molecule has 0 aromatic carbocycles. The van der Waals surface area contributed by atoms with E-state index >= 15 is 0 Å². The van der Waals surface area contributed by atoms with Gasteiger partial charge in [-0.2, -0.15) is 0 Å². The summed E-state index contributed by atoms with van der Waals surface area (Å²) < 4.78 is 11.3. The minimum atomic E-state index is -0.469. The minimum absolute atomic E-state index is 0.170. The summed E-state index contributed by atoms with van der Waals surface area (Å²) in [6.45, 7) is 11.4. The summed E-state index contributed by atoms with van der Waals surface area (Å²) in [5.74, 6) is 0.543. The van der Waals surface area contributed by atoms with Crippen molar-refractivity contribution in [3.63, 3.8) is 0 Å². The highest BCUT2D eigenvalue weighted by atomic mass is 16.7. The third kappa shape index (κ3) is 3.84. The molecule has 1 saturated heterocycles. The smallest absolute Gasteiger partial charge is 0.162 e. The Kier molecular flexibility index (Phi) is 4.83. The van der Waals surface area contributed by atoms with Crippen LogP contribution in [0, 0.1) is 0 Å². The molecule has 1 aromatic rings. The standard InChI is InChI=1S/C15H25N3O2/c1-5-18(6-2)14-8-7-12(9-16-14)17-13-10-19-15(3,4)20-11-13/h7-9,13,17H,5-6,10-11H2,1-4H3. The largest absolute Gasteiger partial charge is 0.376 e. The molecule has 2 rings (SSSR count). The molecule has 1 aliphatic rings. The Morgan fingerprint density at radius 3 is 2.40 bits per heavy atom. The van der Waals surface area contributed by atoms with Gasteiger partial charge in [0.2, 0.25) is 0 Å². The van der Waals surface area contributed by atoms with E-state index in [1.165, 1.54) is 0 Å². The minimum Gasteiger partial charge on any atom is -0.376 e. The molecule has 2 heterocycles. The Bertz CT molecular complexity index is 406. The molecule has 1 fully saturated rings. The van der Waals surface area contributed by atoms with Gasteiger partial charge in [0.05, 0.1) is 31.1 Å². The molecule has 0 spiro atoms. The van der Waals surface area contributed by atoms with Gasteiger partial charge in [-0.25, -0.2) is 4.98 Å². The summed E-state index contributed by atoms with van der Waals surface area (Å²) in [5, 5.41) is 3.39. The molecule has 20 heavy (non-hydrogen) atoms. The molecule has 112 valence electrons. The number of hydrogen-bond donors (Lipinski definition) is 1. The lowest BCUT2D eigenvalue weighted by Crippen LogP contribution is -2.45. The number of pyridine rings is 1. The van der Waals surface area contributed by atoms with E-state index in [-0.39, 0.29) is 6.04 Å². The van der Waals surface area contributed by atoms with Gasteiger partial charge >= 0.3 is 0 Å². The van der Waals surface area contributed by atoms with Crippen LogP contribution in [0.4, 0.5) is 11.5 Å². The van der Waals surface area contributed by atoms with E-state index in [1.807, 2.05) is 26.1 Å². The van der Waals surface area contributed by atoms with Crippen LogP contribution in [0.3, 0.4) is 0 Å². The third-order valence-electron chi connectivity index (χ3n) is 3.47. The molecule has 1 aromatic heterocycles. The van der Waals surface area contributed by atoms with Gasteiger partial charge in [0.15, 0.2) is 5.79 Å². The Morgan fingerprint density at radius 1 is 1.25 bits per heavy atom. The summed E-state index contributed by atoms with van der Waals surface area (Å²) in [4.78, 5) is 6.72. The van der Waals surface area contributed by atoms with E-state index in [4.69, 9.17) is 9.47 Å². The van der Waals surface area contributed by atoms with Gasteiger partial charge in [-0.15, -0.1) is 0 Å². The van der Waals surface area contributed by atoms with E-state index in [2.05, 4.69) is 35.1 Å². The van der Waals surface area contributed by atoms with E-state index in [1.54, 1.807) is 0 Å². The zero-order valence-electron chi connectivity index (χ0n) is 12.8. The third-order valence-corrected chi connectivity index (χ3v) is 3.47. The van der Waals surface area contributed by atoms with E-state index < -0.39 is 5.79 Å². The maximum Gasteiger partial charge on any atom is 0.162 e. The second-order valence-corrected chi connectivity index (χ2v) is 5.44. The van der Waals surface area contributed by atoms with Crippen LogP contribution < -0.4 is 10.2 Å². The van der Waals surface area contributed by atoms with E-state index in [0.717, 1.165) is 24.6 Å². The van der Waals surface area contributed by atoms with Crippen LogP contribution in [0.2, 0.25) is 0 Å². The van der Waals surface area contributed by atoms with Crippen molar-refractivity contribution in [2.45, 2.75) is 39.5 Å². The van der Waals surface area contributed by atoms with Crippen LogP contribution in [0.15, 0.2) is 18.3 Å². The van der Waals surface area contributed by atoms with Crippen molar-refractivity contribution in [3.8, 4) is 0 Å². The normalized spacial score (nSPS) is 18.8. The highest BCUT2D eigenvalue weighted by Gasteiger charge is 2.28. The summed E-state index contributed by atoms with van der Waals surface area (Å²) >= 11 is 0. The predicted octanol–water partition coefficient (Wildman–Crippen LogP) is 2.49. The van der Waals surface area contributed by atoms with Crippen LogP contribution >= 0.6 is 0 Å². The topological polar surface area (TPSA) is 46.6 Å². The lowest BCUT2D eigenvalue weighted by Gasteiger charge is -2.35. The molecule has 0 radical (unpaired) electrons. The summed E-state index contributed by atoms with van der Waals surface area (Å²) in [5.41, 5.74) is 0.998. The molecule has 0 unspecified atom stereocenters. The van der Waals surface area contributed by atoms with Gasteiger partial charge in [-0.1, -0.05) is 0 Å². The van der Waals surface area contributed by atoms with Crippen molar-refractivity contribution in [3.05, 3.63) is 18.3 Å². The monoisotopic (exact) mass is 279 g/mol. The van der Waals surface area contributed by atoms with Crippen molar-refractivity contribution in [2.75, 3.05) is 36.5 Å². The number of ether oxygens (including phenoxy) is 2. The lowest BCUT2D eigenvalue weighted by molar-refractivity contribution is -0.247. The molecule has 0 atom stereocenters. The van der Waals surface area contributed by atoms with Gasteiger partial charge < -0.3 is 19.7 Å². The number of nitrogens with one attached hydrogen (secondary N) is 1. The van der Waals surface area contributed by atoms with Crippen molar-refractivity contribution >= 4 is 11.5 Å². The first-order valence-electron chi connectivity index (χ1n) is 7.29. The highest BCUT2D eigenvalue weighted by Crippen LogP contribution is 2.20. The maximum absolute atomic E-state index is 5.63. The molecule has 5 heteroatoms. The Morgan fingerprint density at radius 2 is 1.90 bits per heavy atom. The molecule has 5 nitrogen and oxygen atoms in total. The van der Waals surface area contributed by atoms with E-state index in [0.29, 0.717) is 13.2 Å². The predicted molar refractivity (Wildman–Crippen MR) is 81.2 cm³/mol. The molecule has 1 N–H and O–H groups in total. The van der Waals surface area contributed by atoms with Gasteiger partial charge in [0.25, 0.3) is 0 Å². The second kappa shape index (κ2) is 6.41. The van der Waals surface area contributed by atoms with Crippen LogP contribution in [0.5, 0.6) is 0 Å². The van der Waals surface area contributed by atoms with Crippen LogP contribution in [0.1, 0.15) is 27.7 Å². The van der Waals surface area contributed by atoms with Gasteiger partial charge in [-0.05, 0) is 39.8 Å². The summed E-state index contributed by atoms with van der Waals surface area (Å²) in [6, 6.07) is 4.27. The average molecular weight is 279 g/mol. The van der Waals surface area contributed by atoms with Crippen molar-refractivity contribution < 1.29 is 9.47 Å². The molecular weight excluding hydrogens is 254 g/mol. The number of nitrogens with zero attached hydrogens (tertiary/aromatic N) is 2. The first-order chi connectivity index (χ1) is 9.54. The molecule has 1 aliphatic heterocycles. The zero-order chi connectivity index (χ0) is 14.6. The summed E-state index contributed by atoms with van der Waals surface area (Å²) in [6.07, 6.45) is 1.87. The second-order valence-electron chi connectivity index (χ2n) is 5.44. The van der Waals surface area contributed by atoms with Crippen molar-refractivity contribution in [1.29, 1.82) is 0 Å². The number of anilines is 2. The fourth-order valence-corrected chi connectivity index (χ4v) is 2.22. The Balaban J connectivity index is 1.91.